The molecule has 0 unspecified atom stereocenters. The zero-order valence-corrected chi connectivity index (χ0v) is 12.2. The first kappa shape index (κ1) is 14.9. The van der Waals surface area contributed by atoms with E-state index in [1.807, 2.05) is 30.3 Å². The minimum atomic E-state index is -0.0392. The van der Waals surface area contributed by atoms with Crippen molar-refractivity contribution in [1.29, 1.82) is 5.26 Å². The Morgan fingerprint density at radius 2 is 1.81 bits per heavy atom. The van der Waals surface area contributed by atoms with Gasteiger partial charge in [0.2, 0.25) is 5.91 Å². The molecule has 0 aliphatic heterocycles. The summed E-state index contributed by atoms with van der Waals surface area (Å²) >= 11 is 1.61. The topological polar surface area (TPSA) is 78.9 Å². The number of nitrogens with two attached hydrogens (primary N) is 1. The fourth-order valence-electron chi connectivity index (χ4n) is 1.68. The van der Waals surface area contributed by atoms with Crippen LogP contribution in [-0.2, 0) is 4.79 Å². The Hall–Kier alpha value is -2.45. The summed E-state index contributed by atoms with van der Waals surface area (Å²) in [5.41, 5.74) is 7.63. The van der Waals surface area contributed by atoms with Crippen molar-refractivity contribution in [3.63, 3.8) is 0 Å². The summed E-state index contributed by atoms with van der Waals surface area (Å²) in [5, 5.41) is 11.5. The molecular weight excluding hydrogens is 282 g/mol. The smallest absolute Gasteiger partial charge is 0.225 e. The largest absolute Gasteiger partial charge is 0.399 e. The molecule has 0 aliphatic rings. The van der Waals surface area contributed by atoms with E-state index < -0.39 is 0 Å². The molecule has 0 bridgehead atoms. The average molecular weight is 297 g/mol. The second-order valence-corrected chi connectivity index (χ2v) is 5.57. The fraction of sp³-hybridized carbons (Fsp3) is 0.125. The van der Waals surface area contributed by atoms with Crippen LogP contribution in [0.2, 0.25) is 0 Å². The predicted octanol–water partition coefficient (Wildman–Crippen LogP) is 3.26. The van der Waals surface area contributed by atoms with E-state index in [-0.39, 0.29) is 5.91 Å². The van der Waals surface area contributed by atoms with Gasteiger partial charge in [-0.25, -0.2) is 0 Å². The van der Waals surface area contributed by atoms with Crippen LogP contribution in [0.3, 0.4) is 0 Å². The molecule has 0 saturated carbocycles. The number of thioether (sulfide) groups is 1. The molecule has 0 aromatic heterocycles. The van der Waals surface area contributed by atoms with Crippen LogP contribution in [0.25, 0.3) is 0 Å². The third-order valence-electron chi connectivity index (χ3n) is 2.78. The summed E-state index contributed by atoms with van der Waals surface area (Å²) in [5.74, 6) is 0.661. The van der Waals surface area contributed by atoms with Crippen molar-refractivity contribution in [3.8, 4) is 6.07 Å². The molecule has 21 heavy (non-hydrogen) atoms. The van der Waals surface area contributed by atoms with Crippen LogP contribution in [-0.4, -0.2) is 11.7 Å². The number of nitriles is 1. The van der Waals surface area contributed by atoms with Gasteiger partial charge in [-0.2, -0.15) is 5.26 Å². The van der Waals surface area contributed by atoms with Crippen LogP contribution in [0.4, 0.5) is 11.4 Å². The van der Waals surface area contributed by atoms with Gasteiger partial charge in [-0.1, -0.05) is 0 Å². The number of hydrogen-bond donors (Lipinski definition) is 2. The molecule has 2 rings (SSSR count). The Balaban J connectivity index is 1.76. The Morgan fingerprint density at radius 1 is 1.14 bits per heavy atom. The van der Waals surface area contributed by atoms with Crippen molar-refractivity contribution < 1.29 is 4.79 Å². The highest BCUT2D eigenvalue weighted by Gasteiger charge is 2.03. The van der Waals surface area contributed by atoms with Gasteiger partial charge < -0.3 is 11.1 Å². The van der Waals surface area contributed by atoms with Crippen LogP contribution < -0.4 is 11.1 Å². The summed E-state index contributed by atoms with van der Waals surface area (Å²) in [7, 11) is 0. The fourth-order valence-corrected chi connectivity index (χ4v) is 2.53. The lowest BCUT2D eigenvalue weighted by molar-refractivity contribution is -0.115. The highest BCUT2D eigenvalue weighted by Crippen LogP contribution is 2.20. The summed E-state index contributed by atoms with van der Waals surface area (Å²) in [6.07, 6.45) is 0.426. The molecule has 2 aromatic rings. The number of nitrogens with zero attached hydrogens (tertiary/aromatic N) is 1. The van der Waals surface area contributed by atoms with Gasteiger partial charge in [0.1, 0.15) is 0 Å². The maximum absolute atomic E-state index is 11.8. The molecule has 4 nitrogen and oxygen atoms in total. The van der Waals surface area contributed by atoms with Crippen molar-refractivity contribution in [3.05, 3.63) is 54.1 Å². The van der Waals surface area contributed by atoms with Gasteiger partial charge >= 0.3 is 0 Å². The van der Waals surface area contributed by atoms with Crippen molar-refractivity contribution in [2.75, 3.05) is 16.8 Å². The molecule has 1 amide bonds. The molecule has 0 heterocycles. The first-order valence-corrected chi connectivity index (χ1v) is 7.44. The molecule has 0 radical (unpaired) electrons. The van der Waals surface area contributed by atoms with E-state index in [2.05, 4.69) is 5.32 Å². The lowest BCUT2D eigenvalue weighted by atomic mass is 10.2. The molecule has 5 heteroatoms. The number of nitrogens with one attached hydrogen (secondary N) is 1. The standard InChI is InChI=1S/C16H15N3OS/c17-11-12-1-5-14(6-2-12)19-16(20)9-10-21-15-7-3-13(18)4-8-15/h1-8H,9-10,18H2,(H,19,20). The number of hydrogen-bond acceptors (Lipinski definition) is 4. The molecule has 106 valence electrons. The number of anilines is 2. The van der Waals surface area contributed by atoms with Gasteiger partial charge in [0.25, 0.3) is 0 Å². The molecule has 0 spiro atoms. The predicted molar refractivity (Wildman–Crippen MR) is 86.0 cm³/mol. The van der Waals surface area contributed by atoms with E-state index in [1.165, 1.54) is 0 Å². The summed E-state index contributed by atoms with van der Waals surface area (Å²) in [6.45, 7) is 0. The number of carbonyl (C=O) groups is 1. The summed E-state index contributed by atoms with van der Waals surface area (Å²) < 4.78 is 0. The first-order chi connectivity index (χ1) is 10.2. The van der Waals surface area contributed by atoms with Crippen LogP contribution in [0.15, 0.2) is 53.4 Å². The van der Waals surface area contributed by atoms with Gasteiger partial charge in [-0.15, -0.1) is 11.8 Å². The average Bonchev–Trinajstić information content (AvgIpc) is 2.50. The van der Waals surface area contributed by atoms with Gasteiger partial charge in [0.15, 0.2) is 0 Å². The SMILES string of the molecule is N#Cc1ccc(NC(=O)CCSc2ccc(N)cc2)cc1. The number of benzene rings is 2. The third kappa shape index (κ3) is 4.86. The second-order valence-electron chi connectivity index (χ2n) is 4.40. The van der Waals surface area contributed by atoms with Gasteiger partial charge in [0.05, 0.1) is 11.6 Å². The zero-order chi connectivity index (χ0) is 15.1. The van der Waals surface area contributed by atoms with Crippen LogP contribution in [0.5, 0.6) is 0 Å². The Bertz CT molecular complexity index is 645. The Kier molecular flexibility index (Phi) is 5.24. The first-order valence-electron chi connectivity index (χ1n) is 6.46. The molecular formula is C16H15N3OS. The molecule has 0 aliphatic carbocycles. The van der Waals surface area contributed by atoms with E-state index in [9.17, 15) is 4.79 Å². The van der Waals surface area contributed by atoms with E-state index in [4.69, 9.17) is 11.0 Å². The van der Waals surface area contributed by atoms with Crippen LogP contribution in [0.1, 0.15) is 12.0 Å². The second kappa shape index (κ2) is 7.36. The molecule has 0 atom stereocenters. The van der Waals surface area contributed by atoms with Crippen molar-refractivity contribution in [2.45, 2.75) is 11.3 Å². The number of nitrogen functional groups attached to an aromatic ring is 1. The zero-order valence-electron chi connectivity index (χ0n) is 11.4. The number of rotatable bonds is 5. The quantitative estimate of drug-likeness (QED) is 0.656. The Morgan fingerprint density at radius 3 is 2.43 bits per heavy atom. The normalized spacial score (nSPS) is 9.86. The van der Waals surface area contributed by atoms with E-state index in [0.29, 0.717) is 23.4 Å². The minimum absolute atomic E-state index is 0.0392. The Labute approximate surface area is 128 Å². The van der Waals surface area contributed by atoms with Crippen molar-refractivity contribution >= 4 is 29.0 Å². The highest BCUT2D eigenvalue weighted by molar-refractivity contribution is 7.99. The molecule has 3 N–H and O–H groups in total. The minimum Gasteiger partial charge on any atom is -0.399 e. The number of carbonyl (C=O) groups excluding carboxylic acids is 1. The summed E-state index contributed by atoms with van der Waals surface area (Å²) in [6, 6.07) is 16.4. The van der Waals surface area contributed by atoms with Crippen LogP contribution >= 0.6 is 11.8 Å². The van der Waals surface area contributed by atoms with Crippen molar-refractivity contribution in [2.24, 2.45) is 0 Å². The third-order valence-corrected chi connectivity index (χ3v) is 3.79. The van der Waals surface area contributed by atoms with E-state index in [1.54, 1.807) is 36.0 Å². The molecule has 2 aromatic carbocycles. The monoisotopic (exact) mass is 297 g/mol. The van der Waals surface area contributed by atoms with Crippen molar-refractivity contribution in [1.82, 2.24) is 0 Å². The lowest BCUT2D eigenvalue weighted by Gasteiger charge is -2.05. The van der Waals surface area contributed by atoms with Gasteiger partial charge in [-0.3, -0.25) is 4.79 Å². The lowest BCUT2D eigenvalue weighted by Crippen LogP contribution is -2.12. The molecule has 0 fully saturated rings. The highest BCUT2D eigenvalue weighted by atomic mass is 32.2. The summed E-state index contributed by atoms with van der Waals surface area (Å²) in [4.78, 5) is 12.9. The van der Waals surface area contributed by atoms with E-state index >= 15 is 0 Å². The molecule has 0 saturated heterocycles. The maximum Gasteiger partial charge on any atom is 0.225 e. The maximum atomic E-state index is 11.8. The van der Waals surface area contributed by atoms with Gasteiger partial charge in [0, 0.05) is 28.4 Å². The van der Waals surface area contributed by atoms with Gasteiger partial charge in [-0.05, 0) is 48.5 Å². The number of amides is 1. The van der Waals surface area contributed by atoms with E-state index in [0.717, 1.165) is 10.6 Å². The van der Waals surface area contributed by atoms with Crippen LogP contribution in [0, 0.1) is 11.3 Å².